The van der Waals surface area contributed by atoms with E-state index in [2.05, 4.69) is 0 Å². The molecule has 0 aliphatic carbocycles. The van der Waals surface area contributed by atoms with E-state index >= 15 is 0 Å². The van der Waals surface area contributed by atoms with Gasteiger partial charge in [-0.2, -0.15) is 0 Å². The monoisotopic (exact) mass is 365 g/mol. The molecule has 1 radical (unpaired) electrons. The number of aliphatic carboxylic acids is 4. The Morgan fingerprint density at radius 2 is 0.773 bits per heavy atom. The minimum Gasteiger partial charge on any atom is -0.480 e. The van der Waals surface area contributed by atoms with Crippen molar-refractivity contribution in [1.82, 2.24) is 9.80 Å². The van der Waals surface area contributed by atoms with Crippen molar-refractivity contribution in [2.45, 2.75) is 0 Å². The van der Waals surface area contributed by atoms with Gasteiger partial charge in [0, 0.05) is 30.2 Å². The zero-order chi connectivity index (χ0) is 15.7. The SMILES string of the molecule is O.O=C(O)CN(CCN(CC(=O)O)CC(=O)O)CC(=O)O.[Mn]. The second-order valence-electron chi connectivity index (χ2n) is 4.00. The molecule has 0 aromatic heterocycles. The predicted octanol–water partition coefficient (Wildman–Crippen LogP) is -2.90. The molecule has 0 aromatic rings. The summed E-state index contributed by atoms with van der Waals surface area (Å²) in [7, 11) is 0. The maximum absolute atomic E-state index is 10.6. The Labute approximate surface area is 135 Å². The molecule has 11 nitrogen and oxygen atoms in total. The van der Waals surface area contributed by atoms with Crippen molar-refractivity contribution in [2.24, 2.45) is 0 Å². The molecule has 0 aliphatic heterocycles. The third kappa shape index (κ3) is 14.7. The van der Waals surface area contributed by atoms with Crippen molar-refractivity contribution in [1.29, 1.82) is 0 Å². The molecule has 0 heterocycles. The van der Waals surface area contributed by atoms with E-state index in [0.29, 0.717) is 0 Å². The first-order valence-electron chi connectivity index (χ1n) is 5.52. The molecular formula is C10H18MnN2O9. The standard InChI is InChI=1S/C10H16N2O8.Mn.H2O/c13-7(14)3-11(4-8(15)16)1-2-12(5-9(17)18)6-10(19)20;;/h1-6H2,(H,13,14)(H,15,16)(H,17,18)(H,19,20);;1H2. The molecular weight excluding hydrogens is 347 g/mol. The molecule has 0 atom stereocenters. The van der Waals surface area contributed by atoms with Gasteiger partial charge in [0.15, 0.2) is 0 Å². The summed E-state index contributed by atoms with van der Waals surface area (Å²) in [6, 6.07) is 0. The fraction of sp³-hybridized carbons (Fsp3) is 0.600. The Morgan fingerprint density at radius 3 is 0.909 bits per heavy atom. The van der Waals surface area contributed by atoms with Crippen molar-refractivity contribution in [3.05, 3.63) is 0 Å². The molecule has 22 heavy (non-hydrogen) atoms. The van der Waals surface area contributed by atoms with E-state index < -0.39 is 50.1 Å². The topological polar surface area (TPSA) is 187 Å². The number of rotatable bonds is 11. The van der Waals surface area contributed by atoms with Gasteiger partial charge in [-0.05, 0) is 0 Å². The normalized spacial score (nSPS) is 9.73. The largest absolute Gasteiger partial charge is 0.480 e. The second kappa shape index (κ2) is 13.0. The fourth-order valence-corrected chi connectivity index (χ4v) is 1.48. The molecule has 0 rings (SSSR count). The van der Waals surface area contributed by atoms with E-state index in [1.807, 2.05) is 0 Å². The van der Waals surface area contributed by atoms with Crippen LogP contribution in [0, 0.1) is 0 Å². The summed E-state index contributed by atoms with van der Waals surface area (Å²) in [6.45, 7) is -2.25. The Kier molecular flexibility index (Phi) is 14.9. The summed E-state index contributed by atoms with van der Waals surface area (Å²) in [6.07, 6.45) is 0. The van der Waals surface area contributed by atoms with E-state index in [9.17, 15) is 19.2 Å². The van der Waals surface area contributed by atoms with Gasteiger partial charge in [-0.15, -0.1) is 0 Å². The minimum absolute atomic E-state index is 0. The Hall–Kier alpha value is -1.72. The van der Waals surface area contributed by atoms with Crippen LogP contribution in [0.2, 0.25) is 0 Å². The molecule has 0 spiro atoms. The van der Waals surface area contributed by atoms with E-state index in [1.54, 1.807) is 0 Å². The summed E-state index contributed by atoms with van der Waals surface area (Å²) < 4.78 is 0. The van der Waals surface area contributed by atoms with Crippen LogP contribution in [0.4, 0.5) is 0 Å². The van der Waals surface area contributed by atoms with Crippen molar-refractivity contribution in [2.75, 3.05) is 39.3 Å². The zero-order valence-corrected chi connectivity index (χ0v) is 12.6. The van der Waals surface area contributed by atoms with Crippen molar-refractivity contribution in [3.8, 4) is 0 Å². The van der Waals surface area contributed by atoms with Crippen LogP contribution in [0.15, 0.2) is 0 Å². The molecule has 0 aliphatic rings. The minimum atomic E-state index is -1.23. The molecule has 129 valence electrons. The van der Waals surface area contributed by atoms with Gasteiger partial charge in [-0.3, -0.25) is 29.0 Å². The van der Waals surface area contributed by atoms with E-state index in [4.69, 9.17) is 20.4 Å². The van der Waals surface area contributed by atoms with Gasteiger partial charge in [-0.25, -0.2) is 0 Å². The third-order valence-electron chi connectivity index (χ3n) is 2.17. The molecule has 6 N–H and O–H groups in total. The Balaban J connectivity index is -0.00000180. The zero-order valence-electron chi connectivity index (χ0n) is 11.4. The van der Waals surface area contributed by atoms with Crippen LogP contribution in [0.1, 0.15) is 0 Å². The number of hydrogen-bond donors (Lipinski definition) is 4. The van der Waals surface area contributed by atoms with Gasteiger partial charge in [0.25, 0.3) is 0 Å². The molecule has 0 unspecified atom stereocenters. The van der Waals surface area contributed by atoms with Crippen LogP contribution < -0.4 is 0 Å². The van der Waals surface area contributed by atoms with Gasteiger partial charge in [0.1, 0.15) is 0 Å². The predicted molar refractivity (Wildman–Crippen MR) is 67.0 cm³/mol. The Bertz CT molecular complexity index is 323. The summed E-state index contributed by atoms with van der Waals surface area (Å²) in [5.74, 6) is -4.91. The quantitative estimate of drug-likeness (QED) is 0.277. The molecule has 0 aromatic carbocycles. The van der Waals surface area contributed by atoms with Gasteiger partial charge in [0.2, 0.25) is 0 Å². The first kappa shape index (κ1) is 25.2. The first-order chi connectivity index (χ1) is 9.20. The van der Waals surface area contributed by atoms with Crippen LogP contribution in [0.3, 0.4) is 0 Å². The number of carbonyl (C=O) groups is 4. The van der Waals surface area contributed by atoms with Crippen LogP contribution in [-0.2, 0) is 36.2 Å². The fourth-order valence-electron chi connectivity index (χ4n) is 1.48. The average molecular weight is 365 g/mol. The van der Waals surface area contributed by atoms with E-state index in [1.165, 1.54) is 0 Å². The summed E-state index contributed by atoms with van der Waals surface area (Å²) in [4.78, 5) is 44.4. The van der Waals surface area contributed by atoms with Crippen LogP contribution in [0.5, 0.6) is 0 Å². The molecule has 0 saturated carbocycles. The number of carboxylic acids is 4. The van der Waals surface area contributed by atoms with Gasteiger partial charge >= 0.3 is 23.9 Å². The first-order valence-corrected chi connectivity index (χ1v) is 5.52. The Morgan fingerprint density at radius 1 is 0.591 bits per heavy atom. The summed E-state index contributed by atoms with van der Waals surface area (Å²) >= 11 is 0. The molecule has 0 fully saturated rings. The van der Waals surface area contributed by atoms with Crippen molar-refractivity contribution in [3.63, 3.8) is 0 Å². The maximum Gasteiger partial charge on any atom is 0.317 e. The third-order valence-corrected chi connectivity index (χ3v) is 2.17. The molecule has 0 bridgehead atoms. The van der Waals surface area contributed by atoms with Crippen molar-refractivity contribution < 1.29 is 62.1 Å². The van der Waals surface area contributed by atoms with E-state index in [0.717, 1.165) is 9.80 Å². The molecule has 0 amide bonds. The number of nitrogens with zero attached hydrogens (tertiary/aromatic N) is 2. The van der Waals surface area contributed by atoms with E-state index in [-0.39, 0.29) is 35.6 Å². The smallest absolute Gasteiger partial charge is 0.317 e. The average Bonchev–Trinajstić information content (AvgIpc) is 2.22. The summed E-state index contributed by atoms with van der Waals surface area (Å²) in [5, 5.41) is 34.5. The maximum atomic E-state index is 10.6. The van der Waals surface area contributed by atoms with Gasteiger partial charge in [-0.1, -0.05) is 0 Å². The van der Waals surface area contributed by atoms with Crippen LogP contribution in [-0.4, -0.2) is 98.8 Å². The molecule has 12 heteroatoms. The van der Waals surface area contributed by atoms with Crippen molar-refractivity contribution >= 4 is 23.9 Å². The van der Waals surface area contributed by atoms with Crippen LogP contribution in [0.25, 0.3) is 0 Å². The number of carboxylic acid groups (broad SMARTS) is 4. The summed E-state index contributed by atoms with van der Waals surface area (Å²) in [5.41, 5.74) is 0. The van der Waals surface area contributed by atoms with Gasteiger partial charge < -0.3 is 25.9 Å². The number of hydrogen-bond acceptors (Lipinski definition) is 6. The van der Waals surface area contributed by atoms with Crippen LogP contribution >= 0.6 is 0 Å². The van der Waals surface area contributed by atoms with Gasteiger partial charge in [0.05, 0.1) is 26.2 Å². The molecule has 0 saturated heterocycles. The second-order valence-corrected chi connectivity index (χ2v) is 4.00.